The number of nitrogens with zero attached hydrogens (tertiary/aromatic N) is 7. The lowest BCUT2D eigenvalue weighted by Gasteiger charge is -2.06. The van der Waals surface area contributed by atoms with Crippen LogP contribution in [0.15, 0.2) is 24.4 Å². The molecule has 0 amide bonds. The van der Waals surface area contributed by atoms with Crippen LogP contribution < -0.4 is 11.5 Å². The van der Waals surface area contributed by atoms with E-state index < -0.39 is 18.9 Å². The highest BCUT2D eigenvalue weighted by Gasteiger charge is 2.36. The van der Waals surface area contributed by atoms with Gasteiger partial charge in [-0.2, -0.15) is 4.98 Å². The second-order valence-electron chi connectivity index (χ2n) is 7.92. The van der Waals surface area contributed by atoms with Crippen molar-refractivity contribution in [1.82, 2.24) is 34.0 Å². The molecule has 4 N–H and O–H groups in total. The van der Waals surface area contributed by atoms with Crippen LogP contribution in [0.4, 0.5) is 29.3 Å². The average molecular weight is 465 g/mol. The van der Waals surface area contributed by atoms with Crippen molar-refractivity contribution in [1.29, 1.82) is 0 Å². The minimum atomic E-state index is -2.50. The SMILES string of the molecule is CN1CCC(F)(F)C1.Cc1nc2ccc(-c3ccn4nc(N)nc(N)c34)nc2n1CC(F)F. The molecule has 9 nitrogen and oxygen atoms in total. The number of anilines is 2. The molecular weight excluding hydrogens is 442 g/mol. The highest BCUT2D eigenvalue weighted by atomic mass is 19.3. The number of aryl methyl sites for hydroxylation is 1. The summed E-state index contributed by atoms with van der Waals surface area (Å²) in [6.07, 6.45) is -0.778. The number of fused-ring (bicyclic) bond motifs is 2. The van der Waals surface area contributed by atoms with Crippen molar-refractivity contribution >= 4 is 28.4 Å². The molecule has 5 heterocycles. The van der Waals surface area contributed by atoms with E-state index in [1.54, 1.807) is 43.3 Å². The smallest absolute Gasteiger partial charge is 0.261 e. The van der Waals surface area contributed by atoms with Crippen LogP contribution in [0.5, 0.6) is 0 Å². The molecule has 0 atom stereocenters. The van der Waals surface area contributed by atoms with E-state index in [4.69, 9.17) is 11.5 Å². The molecule has 0 aromatic carbocycles. The normalized spacial score (nSPS) is 16.0. The Morgan fingerprint density at radius 3 is 2.48 bits per heavy atom. The molecule has 0 unspecified atom stereocenters. The van der Waals surface area contributed by atoms with E-state index in [9.17, 15) is 17.6 Å². The fourth-order valence-electron chi connectivity index (χ4n) is 3.81. The summed E-state index contributed by atoms with van der Waals surface area (Å²) in [5.41, 5.74) is 14.3. The maximum atomic E-state index is 12.9. The number of nitrogen functional groups attached to an aromatic ring is 2. The zero-order chi connectivity index (χ0) is 23.9. The molecule has 4 aromatic rings. The summed E-state index contributed by atoms with van der Waals surface area (Å²) in [5.74, 6) is -1.65. The molecule has 1 saturated heterocycles. The Bertz CT molecular complexity index is 1300. The summed E-state index contributed by atoms with van der Waals surface area (Å²) in [4.78, 5) is 14.4. The molecule has 0 aliphatic carbocycles. The quantitative estimate of drug-likeness (QED) is 0.447. The molecule has 1 aliphatic heterocycles. The third-order valence-electron chi connectivity index (χ3n) is 5.29. The van der Waals surface area contributed by atoms with Crippen LogP contribution >= 0.6 is 0 Å². The standard InChI is InChI=1S/C15H14F2N8.C5H9F2N/c1-7-20-10-3-2-9(21-14(10)24(7)6-11(16)17)8-4-5-25-12(8)13(18)22-15(19)23-25;1-8-3-2-5(6,7)4-8/h2-5,11H,6H2,1H3,(H4,18,19,22,23);2-4H2,1H3. The molecule has 0 spiro atoms. The lowest BCUT2D eigenvalue weighted by Crippen LogP contribution is -2.21. The van der Waals surface area contributed by atoms with Gasteiger partial charge in [-0.3, -0.25) is 0 Å². The van der Waals surface area contributed by atoms with Crippen molar-refractivity contribution in [2.75, 3.05) is 31.6 Å². The number of rotatable bonds is 3. The van der Waals surface area contributed by atoms with Crippen LogP contribution in [-0.2, 0) is 6.54 Å². The molecule has 33 heavy (non-hydrogen) atoms. The first-order valence-electron chi connectivity index (χ1n) is 10.1. The first-order valence-corrected chi connectivity index (χ1v) is 10.1. The average Bonchev–Trinajstić information content (AvgIpc) is 3.37. The third-order valence-corrected chi connectivity index (χ3v) is 5.29. The van der Waals surface area contributed by atoms with E-state index in [1.165, 1.54) is 9.08 Å². The Balaban J connectivity index is 0.000000275. The highest BCUT2D eigenvalue weighted by Crippen LogP contribution is 2.29. The van der Waals surface area contributed by atoms with Crippen LogP contribution in [0.1, 0.15) is 12.2 Å². The zero-order valence-electron chi connectivity index (χ0n) is 18.0. The predicted octanol–water partition coefficient (Wildman–Crippen LogP) is 2.84. The Morgan fingerprint density at radius 2 is 1.88 bits per heavy atom. The monoisotopic (exact) mass is 465 g/mol. The number of likely N-dealkylation sites (tertiary alicyclic amines) is 1. The van der Waals surface area contributed by atoms with Gasteiger partial charge in [-0.1, -0.05) is 0 Å². The van der Waals surface area contributed by atoms with E-state index in [0.29, 0.717) is 40.3 Å². The third kappa shape index (κ3) is 4.67. The van der Waals surface area contributed by atoms with Gasteiger partial charge in [0.25, 0.3) is 12.3 Å². The van der Waals surface area contributed by atoms with Crippen LogP contribution in [0.2, 0.25) is 0 Å². The van der Waals surface area contributed by atoms with Crippen molar-refractivity contribution in [2.45, 2.75) is 32.2 Å². The van der Waals surface area contributed by atoms with Crippen molar-refractivity contribution in [3.63, 3.8) is 0 Å². The minimum absolute atomic E-state index is 0.0312. The molecule has 0 saturated carbocycles. The molecule has 4 aromatic heterocycles. The Hall–Kier alpha value is -3.48. The van der Waals surface area contributed by atoms with Gasteiger partial charge >= 0.3 is 0 Å². The van der Waals surface area contributed by atoms with Crippen LogP contribution in [0, 0.1) is 6.92 Å². The van der Waals surface area contributed by atoms with Gasteiger partial charge in [0.05, 0.1) is 18.8 Å². The number of hydrogen-bond donors (Lipinski definition) is 2. The first kappa shape index (κ1) is 22.7. The van der Waals surface area contributed by atoms with Crippen molar-refractivity contribution in [3.8, 4) is 11.3 Å². The number of hydrogen-bond acceptors (Lipinski definition) is 7. The summed E-state index contributed by atoms with van der Waals surface area (Å²) in [6.45, 7) is 1.68. The summed E-state index contributed by atoms with van der Waals surface area (Å²) in [6, 6.07) is 5.27. The zero-order valence-corrected chi connectivity index (χ0v) is 18.0. The largest absolute Gasteiger partial charge is 0.382 e. The Morgan fingerprint density at radius 1 is 1.12 bits per heavy atom. The number of imidazole rings is 1. The summed E-state index contributed by atoms with van der Waals surface area (Å²) in [7, 11) is 1.71. The maximum absolute atomic E-state index is 12.9. The van der Waals surface area contributed by atoms with Gasteiger partial charge in [-0.15, -0.1) is 5.10 Å². The number of aromatic nitrogens is 6. The number of halogens is 4. The van der Waals surface area contributed by atoms with E-state index in [1.807, 2.05) is 0 Å². The van der Waals surface area contributed by atoms with Crippen molar-refractivity contribution < 1.29 is 17.6 Å². The van der Waals surface area contributed by atoms with Gasteiger partial charge in [0.2, 0.25) is 5.95 Å². The van der Waals surface area contributed by atoms with Gasteiger partial charge in [0, 0.05) is 24.7 Å². The van der Waals surface area contributed by atoms with Gasteiger partial charge in [0.15, 0.2) is 11.5 Å². The first-order chi connectivity index (χ1) is 15.5. The van der Waals surface area contributed by atoms with E-state index >= 15 is 0 Å². The molecule has 0 radical (unpaired) electrons. The van der Waals surface area contributed by atoms with Crippen LogP contribution in [-0.4, -0.2) is 66.5 Å². The maximum Gasteiger partial charge on any atom is 0.261 e. The predicted molar refractivity (Wildman–Crippen MR) is 116 cm³/mol. The lowest BCUT2D eigenvalue weighted by atomic mass is 10.2. The van der Waals surface area contributed by atoms with Gasteiger partial charge in [-0.05, 0) is 32.2 Å². The Kier molecular flexibility index (Phi) is 5.82. The fourth-order valence-corrected chi connectivity index (χ4v) is 3.81. The van der Waals surface area contributed by atoms with Gasteiger partial charge in [-0.25, -0.2) is 32.0 Å². The van der Waals surface area contributed by atoms with Gasteiger partial charge < -0.3 is 20.9 Å². The van der Waals surface area contributed by atoms with Crippen LogP contribution in [0.25, 0.3) is 27.9 Å². The highest BCUT2D eigenvalue weighted by molar-refractivity contribution is 5.88. The molecular formula is C20H23F4N9. The van der Waals surface area contributed by atoms with Gasteiger partial charge in [0.1, 0.15) is 16.9 Å². The Labute approximate surface area is 186 Å². The lowest BCUT2D eigenvalue weighted by molar-refractivity contribution is 0.0146. The summed E-state index contributed by atoms with van der Waals surface area (Å²) in [5, 5.41) is 4.06. The molecule has 5 rings (SSSR count). The molecule has 176 valence electrons. The van der Waals surface area contributed by atoms with E-state index in [-0.39, 0.29) is 24.7 Å². The van der Waals surface area contributed by atoms with Crippen LogP contribution in [0.3, 0.4) is 0 Å². The number of alkyl halides is 4. The van der Waals surface area contributed by atoms with Crippen molar-refractivity contribution in [2.24, 2.45) is 0 Å². The summed E-state index contributed by atoms with van der Waals surface area (Å²) < 4.78 is 52.9. The number of pyridine rings is 1. The molecule has 1 fully saturated rings. The summed E-state index contributed by atoms with van der Waals surface area (Å²) >= 11 is 0. The second-order valence-corrected chi connectivity index (χ2v) is 7.92. The molecule has 13 heteroatoms. The second kappa shape index (κ2) is 8.46. The van der Waals surface area contributed by atoms with E-state index in [2.05, 4.69) is 20.1 Å². The van der Waals surface area contributed by atoms with E-state index in [0.717, 1.165) is 0 Å². The fraction of sp³-hybridized carbons (Fsp3) is 0.400. The number of nitrogens with two attached hydrogens (primary N) is 2. The molecule has 1 aliphatic rings. The topological polar surface area (TPSA) is 116 Å². The minimum Gasteiger partial charge on any atom is -0.382 e. The molecule has 0 bridgehead atoms. The van der Waals surface area contributed by atoms with Crippen molar-refractivity contribution in [3.05, 3.63) is 30.2 Å².